The van der Waals surface area contributed by atoms with Crippen molar-refractivity contribution in [1.82, 2.24) is 15.5 Å². The molecule has 1 unspecified atom stereocenters. The highest BCUT2D eigenvalue weighted by molar-refractivity contribution is 5.84. The molecule has 1 N–H and O–H groups in total. The number of carbonyl (C=O) groups is 1. The largest absolute Gasteiger partial charge is 0.423 e. The minimum Gasteiger partial charge on any atom is -0.423 e. The zero-order chi connectivity index (χ0) is 11.1. The van der Waals surface area contributed by atoms with E-state index in [9.17, 15) is 4.79 Å². The van der Waals surface area contributed by atoms with Gasteiger partial charge in [0.2, 0.25) is 17.7 Å². The lowest BCUT2D eigenvalue weighted by molar-refractivity contribution is -0.126. The van der Waals surface area contributed by atoms with Crippen LogP contribution >= 0.6 is 0 Å². The average molecular weight is 209 g/mol. The topological polar surface area (TPSA) is 68.0 Å². The molecular weight excluding hydrogens is 194 g/mol. The Morgan fingerprint density at radius 1 is 1.53 bits per heavy atom. The van der Waals surface area contributed by atoms with Gasteiger partial charge in [-0.3, -0.25) is 4.79 Å². The summed E-state index contributed by atoms with van der Waals surface area (Å²) in [7, 11) is 0. The molecule has 5 heteroatoms. The molecular formula is C10H15N3O2. The summed E-state index contributed by atoms with van der Waals surface area (Å²) >= 11 is 0. The van der Waals surface area contributed by atoms with Crippen LogP contribution in [-0.4, -0.2) is 16.1 Å². The SMILES string of the molecule is Cc1nnc(C(C)NC(=O)C2(C)CC2)o1. The Bertz CT molecular complexity index is 382. The summed E-state index contributed by atoms with van der Waals surface area (Å²) in [6, 6.07) is -0.212. The zero-order valence-corrected chi connectivity index (χ0v) is 9.20. The summed E-state index contributed by atoms with van der Waals surface area (Å²) in [6.07, 6.45) is 1.93. The number of aromatic nitrogens is 2. The molecule has 0 bridgehead atoms. The van der Waals surface area contributed by atoms with Crippen molar-refractivity contribution in [3.05, 3.63) is 11.8 Å². The van der Waals surface area contributed by atoms with Crippen molar-refractivity contribution in [2.75, 3.05) is 0 Å². The van der Waals surface area contributed by atoms with E-state index in [4.69, 9.17) is 4.42 Å². The number of nitrogens with zero attached hydrogens (tertiary/aromatic N) is 2. The van der Waals surface area contributed by atoms with Crippen LogP contribution in [0.5, 0.6) is 0 Å². The quantitative estimate of drug-likeness (QED) is 0.816. The molecule has 0 aromatic carbocycles. The van der Waals surface area contributed by atoms with Gasteiger partial charge < -0.3 is 9.73 Å². The van der Waals surface area contributed by atoms with Gasteiger partial charge in [-0.2, -0.15) is 0 Å². The van der Waals surface area contributed by atoms with E-state index in [1.165, 1.54) is 0 Å². The number of hydrogen-bond donors (Lipinski definition) is 1. The van der Waals surface area contributed by atoms with Crippen molar-refractivity contribution in [2.45, 2.75) is 39.7 Å². The maximum absolute atomic E-state index is 11.7. The zero-order valence-electron chi connectivity index (χ0n) is 9.20. The molecule has 0 radical (unpaired) electrons. The molecule has 0 aliphatic heterocycles. The Morgan fingerprint density at radius 3 is 2.67 bits per heavy atom. The molecule has 1 aliphatic rings. The molecule has 1 heterocycles. The predicted molar refractivity (Wildman–Crippen MR) is 52.9 cm³/mol. The van der Waals surface area contributed by atoms with Gasteiger partial charge >= 0.3 is 0 Å². The van der Waals surface area contributed by atoms with Crippen molar-refractivity contribution in [1.29, 1.82) is 0 Å². The van der Waals surface area contributed by atoms with Gasteiger partial charge in [0.05, 0.1) is 0 Å². The highest BCUT2D eigenvalue weighted by Crippen LogP contribution is 2.45. The minimum atomic E-state index is -0.212. The van der Waals surface area contributed by atoms with Crippen LogP contribution in [0.15, 0.2) is 4.42 Å². The number of hydrogen-bond acceptors (Lipinski definition) is 4. The van der Waals surface area contributed by atoms with Crippen molar-refractivity contribution >= 4 is 5.91 Å². The van der Waals surface area contributed by atoms with Gasteiger partial charge in [-0.15, -0.1) is 10.2 Å². The van der Waals surface area contributed by atoms with Gasteiger partial charge in [-0.05, 0) is 19.8 Å². The first-order valence-corrected chi connectivity index (χ1v) is 5.12. The van der Waals surface area contributed by atoms with E-state index in [-0.39, 0.29) is 17.4 Å². The molecule has 15 heavy (non-hydrogen) atoms. The number of amides is 1. The molecule has 0 spiro atoms. The van der Waals surface area contributed by atoms with E-state index in [1.54, 1.807) is 6.92 Å². The second-order valence-electron chi connectivity index (χ2n) is 4.42. The Labute approximate surface area is 88.3 Å². The summed E-state index contributed by atoms with van der Waals surface area (Å²) in [5.74, 6) is 1.06. The Hall–Kier alpha value is -1.39. The van der Waals surface area contributed by atoms with Gasteiger partial charge in [0.1, 0.15) is 6.04 Å². The lowest BCUT2D eigenvalue weighted by atomic mass is 10.1. The van der Waals surface area contributed by atoms with Crippen molar-refractivity contribution < 1.29 is 9.21 Å². The van der Waals surface area contributed by atoms with Crippen LogP contribution in [-0.2, 0) is 4.79 Å². The molecule has 5 nitrogen and oxygen atoms in total. The van der Waals surface area contributed by atoms with E-state index >= 15 is 0 Å². The van der Waals surface area contributed by atoms with Gasteiger partial charge in [0.25, 0.3) is 0 Å². The molecule has 2 rings (SSSR count). The van der Waals surface area contributed by atoms with Crippen LogP contribution in [0.25, 0.3) is 0 Å². The highest BCUT2D eigenvalue weighted by atomic mass is 16.4. The first kappa shape index (κ1) is 10.1. The maximum atomic E-state index is 11.7. The number of rotatable bonds is 3. The van der Waals surface area contributed by atoms with Crippen molar-refractivity contribution in [3.8, 4) is 0 Å². The Morgan fingerprint density at radius 2 is 2.20 bits per heavy atom. The first-order chi connectivity index (χ1) is 7.01. The monoisotopic (exact) mass is 209 g/mol. The molecule has 82 valence electrons. The van der Waals surface area contributed by atoms with E-state index < -0.39 is 0 Å². The maximum Gasteiger partial charge on any atom is 0.238 e. The average Bonchev–Trinajstić information content (AvgIpc) is 2.77. The normalized spacial score (nSPS) is 19.7. The highest BCUT2D eigenvalue weighted by Gasteiger charge is 2.45. The smallest absolute Gasteiger partial charge is 0.238 e. The van der Waals surface area contributed by atoms with E-state index in [2.05, 4.69) is 15.5 Å². The van der Waals surface area contributed by atoms with E-state index in [0.717, 1.165) is 12.8 Å². The molecule has 0 saturated heterocycles. The van der Waals surface area contributed by atoms with Crippen LogP contribution in [0.1, 0.15) is 44.5 Å². The molecule has 1 aliphatic carbocycles. The van der Waals surface area contributed by atoms with Crippen LogP contribution < -0.4 is 5.32 Å². The summed E-state index contributed by atoms with van der Waals surface area (Å²) in [5, 5.41) is 10.5. The van der Waals surface area contributed by atoms with Crippen LogP contribution in [0.2, 0.25) is 0 Å². The second kappa shape index (κ2) is 3.32. The standard InChI is InChI=1S/C10H15N3O2/c1-6(8-13-12-7(2)15-8)11-9(14)10(3)4-5-10/h6H,4-5H2,1-3H3,(H,11,14). The van der Waals surface area contributed by atoms with Crippen molar-refractivity contribution in [2.24, 2.45) is 5.41 Å². The summed E-state index contributed by atoms with van der Waals surface area (Å²) in [5.41, 5.74) is -0.163. The molecule has 1 fully saturated rings. The fraction of sp³-hybridized carbons (Fsp3) is 0.700. The van der Waals surface area contributed by atoms with Gasteiger partial charge in [0, 0.05) is 12.3 Å². The summed E-state index contributed by atoms with van der Waals surface area (Å²) < 4.78 is 5.24. The summed E-state index contributed by atoms with van der Waals surface area (Å²) in [6.45, 7) is 5.54. The van der Waals surface area contributed by atoms with Crippen LogP contribution in [0.3, 0.4) is 0 Å². The molecule has 1 saturated carbocycles. The van der Waals surface area contributed by atoms with E-state index in [1.807, 2.05) is 13.8 Å². The van der Waals surface area contributed by atoms with Crippen LogP contribution in [0, 0.1) is 12.3 Å². The Balaban J connectivity index is 1.97. The molecule has 1 atom stereocenters. The fourth-order valence-electron chi connectivity index (χ4n) is 1.33. The summed E-state index contributed by atoms with van der Waals surface area (Å²) in [4.78, 5) is 11.7. The molecule has 1 aromatic heterocycles. The first-order valence-electron chi connectivity index (χ1n) is 5.12. The molecule has 1 amide bonds. The number of carbonyl (C=O) groups excluding carboxylic acids is 1. The minimum absolute atomic E-state index is 0.0749. The predicted octanol–water partition coefficient (Wildman–Crippen LogP) is 1.36. The number of aryl methyl sites for hydroxylation is 1. The van der Waals surface area contributed by atoms with E-state index in [0.29, 0.717) is 11.8 Å². The lowest BCUT2D eigenvalue weighted by Crippen LogP contribution is -2.32. The fourth-order valence-corrected chi connectivity index (χ4v) is 1.33. The van der Waals surface area contributed by atoms with Crippen molar-refractivity contribution in [3.63, 3.8) is 0 Å². The van der Waals surface area contributed by atoms with Gasteiger partial charge in [0.15, 0.2) is 0 Å². The third-order valence-corrected chi connectivity index (χ3v) is 2.81. The molecule has 1 aromatic rings. The number of nitrogens with one attached hydrogen (secondary N) is 1. The third kappa shape index (κ3) is 2.00. The Kier molecular flexibility index (Phi) is 2.25. The van der Waals surface area contributed by atoms with Gasteiger partial charge in [-0.25, -0.2) is 0 Å². The second-order valence-corrected chi connectivity index (χ2v) is 4.42. The lowest BCUT2D eigenvalue weighted by Gasteiger charge is -2.13. The van der Waals surface area contributed by atoms with Gasteiger partial charge in [-0.1, -0.05) is 6.92 Å². The third-order valence-electron chi connectivity index (χ3n) is 2.81. The van der Waals surface area contributed by atoms with Crippen LogP contribution in [0.4, 0.5) is 0 Å².